The Morgan fingerprint density at radius 1 is 1.57 bits per heavy atom. The number of likely N-dealkylation sites (tertiary alicyclic amines) is 1. The average Bonchev–Trinajstić information content (AvgIpc) is 2.17. The van der Waals surface area contributed by atoms with Crippen molar-refractivity contribution in [2.75, 3.05) is 20.1 Å². The summed E-state index contributed by atoms with van der Waals surface area (Å²) >= 11 is 0. The van der Waals surface area contributed by atoms with Crippen LogP contribution in [0.4, 0.5) is 0 Å². The minimum atomic E-state index is 0.159. The van der Waals surface area contributed by atoms with Crippen molar-refractivity contribution in [3.05, 3.63) is 0 Å². The fourth-order valence-electron chi connectivity index (χ4n) is 1.37. The zero-order chi connectivity index (χ0) is 10.4. The second-order valence-corrected chi connectivity index (χ2v) is 3.87. The summed E-state index contributed by atoms with van der Waals surface area (Å²) in [6.07, 6.45) is 2.60. The fraction of sp³-hybridized carbons (Fsp3) is 0.800. The third kappa shape index (κ3) is 3.75. The number of nitrogens with one attached hydrogen (secondary N) is 1. The Morgan fingerprint density at radius 2 is 2.21 bits per heavy atom. The van der Waals surface area contributed by atoms with Crippen LogP contribution in [0.25, 0.3) is 0 Å². The molecular weight excluding hydrogens is 176 g/mol. The third-order valence-electron chi connectivity index (χ3n) is 2.40. The summed E-state index contributed by atoms with van der Waals surface area (Å²) < 4.78 is 0. The van der Waals surface area contributed by atoms with Gasteiger partial charge in [-0.1, -0.05) is 0 Å². The summed E-state index contributed by atoms with van der Waals surface area (Å²) in [6, 6.07) is 2.28. The van der Waals surface area contributed by atoms with Crippen LogP contribution in [-0.4, -0.2) is 36.8 Å². The van der Waals surface area contributed by atoms with Crippen molar-refractivity contribution in [3.63, 3.8) is 0 Å². The zero-order valence-corrected chi connectivity index (χ0v) is 8.95. The number of piperidine rings is 1. The molecule has 1 N–H and O–H groups in total. The molecule has 78 valence electrons. The maximum absolute atomic E-state index is 8.46. The Hall–Kier alpha value is -1.08. The van der Waals surface area contributed by atoms with Crippen molar-refractivity contribution in [2.24, 2.45) is 5.10 Å². The minimum absolute atomic E-state index is 0.159. The first-order valence-electron chi connectivity index (χ1n) is 5.09. The normalized spacial score (nSPS) is 19.9. The fourth-order valence-corrected chi connectivity index (χ4v) is 1.37. The second-order valence-electron chi connectivity index (χ2n) is 3.87. The molecule has 0 aromatic heterocycles. The van der Waals surface area contributed by atoms with Gasteiger partial charge in [-0.3, -0.25) is 0 Å². The molecule has 0 aromatic carbocycles. The van der Waals surface area contributed by atoms with Crippen LogP contribution in [0.1, 0.15) is 26.2 Å². The van der Waals surface area contributed by atoms with Crippen molar-refractivity contribution < 1.29 is 0 Å². The van der Waals surface area contributed by atoms with Crippen LogP contribution in [0.3, 0.4) is 0 Å². The van der Waals surface area contributed by atoms with E-state index in [1.54, 1.807) is 0 Å². The summed E-state index contributed by atoms with van der Waals surface area (Å²) in [5, 5.41) is 12.8. The van der Waals surface area contributed by atoms with Crippen LogP contribution in [0.15, 0.2) is 5.10 Å². The van der Waals surface area contributed by atoms with E-state index in [9.17, 15) is 0 Å². The summed E-state index contributed by atoms with van der Waals surface area (Å²) in [5.74, 6) is 0. The average molecular weight is 194 g/mol. The van der Waals surface area contributed by atoms with E-state index >= 15 is 0 Å². The second kappa shape index (κ2) is 5.61. The van der Waals surface area contributed by atoms with Crippen molar-refractivity contribution >= 4 is 5.71 Å². The van der Waals surface area contributed by atoms with Gasteiger partial charge in [0.05, 0.1) is 18.5 Å². The highest BCUT2D eigenvalue weighted by Crippen LogP contribution is 2.04. The highest BCUT2D eigenvalue weighted by Gasteiger charge is 2.11. The van der Waals surface area contributed by atoms with Gasteiger partial charge in [0.15, 0.2) is 0 Å². The van der Waals surface area contributed by atoms with E-state index < -0.39 is 0 Å². The largest absolute Gasteiger partial charge is 0.306 e. The Bertz CT molecular complexity index is 231. The van der Waals surface area contributed by atoms with Crippen LogP contribution >= 0.6 is 0 Å². The molecule has 0 amide bonds. The van der Waals surface area contributed by atoms with Crippen LogP contribution in [0, 0.1) is 11.3 Å². The Kier molecular flexibility index (Phi) is 4.41. The molecule has 1 rings (SSSR count). The molecule has 1 fully saturated rings. The first-order valence-corrected chi connectivity index (χ1v) is 5.09. The third-order valence-corrected chi connectivity index (χ3v) is 2.40. The highest BCUT2D eigenvalue weighted by molar-refractivity contribution is 5.85. The Balaban J connectivity index is 2.28. The molecule has 1 aliphatic rings. The number of hydrogen-bond donors (Lipinski definition) is 1. The van der Waals surface area contributed by atoms with Crippen LogP contribution in [0.2, 0.25) is 0 Å². The molecule has 1 atom stereocenters. The topological polar surface area (TPSA) is 51.4 Å². The van der Waals surface area contributed by atoms with E-state index in [1.165, 1.54) is 5.71 Å². The lowest BCUT2D eigenvalue weighted by Gasteiger charge is -2.23. The molecule has 0 radical (unpaired) electrons. The first kappa shape index (κ1) is 11.0. The molecule has 1 unspecified atom stereocenters. The van der Waals surface area contributed by atoms with Crippen molar-refractivity contribution in [3.8, 4) is 6.07 Å². The number of rotatable bonds is 3. The van der Waals surface area contributed by atoms with Gasteiger partial charge in [-0.25, -0.2) is 0 Å². The van der Waals surface area contributed by atoms with Crippen LogP contribution < -0.4 is 5.43 Å². The van der Waals surface area contributed by atoms with Crippen molar-refractivity contribution in [2.45, 2.75) is 32.2 Å². The van der Waals surface area contributed by atoms with Gasteiger partial charge in [0.2, 0.25) is 0 Å². The van der Waals surface area contributed by atoms with E-state index in [0.29, 0.717) is 6.42 Å². The molecule has 0 bridgehead atoms. The molecule has 14 heavy (non-hydrogen) atoms. The van der Waals surface area contributed by atoms with Gasteiger partial charge in [-0.05, 0) is 14.0 Å². The van der Waals surface area contributed by atoms with E-state index in [2.05, 4.69) is 28.5 Å². The quantitative estimate of drug-likeness (QED) is 0.681. The van der Waals surface area contributed by atoms with E-state index in [-0.39, 0.29) is 6.04 Å². The molecule has 0 aromatic rings. The van der Waals surface area contributed by atoms with E-state index in [4.69, 9.17) is 5.26 Å². The number of hydrazone groups is 1. The summed E-state index contributed by atoms with van der Waals surface area (Å²) in [6.45, 7) is 4.16. The SMILES string of the molecule is CC(CC#N)NN=C1CCN(C)CC1. The van der Waals surface area contributed by atoms with Crippen LogP contribution in [-0.2, 0) is 0 Å². The molecular formula is C10H18N4. The van der Waals surface area contributed by atoms with Gasteiger partial charge in [0, 0.05) is 31.6 Å². The molecule has 0 aliphatic carbocycles. The van der Waals surface area contributed by atoms with Crippen molar-refractivity contribution in [1.29, 1.82) is 5.26 Å². The molecule has 1 saturated heterocycles. The summed E-state index contributed by atoms with van der Waals surface area (Å²) in [4.78, 5) is 2.30. The lowest BCUT2D eigenvalue weighted by Crippen LogP contribution is -2.32. The summed E-state index contributed by atoms with van der Waals surface area (Å²) in [5.41, 5.74) is 4.24. The predicted molar refractivity (Wildman–Crippen MR) is 57.0 cm³/mol. The number of nitrogens with zero attached hydrogens (tertiary/aromatic N) is 3. The number of hydrogen-bond acceptors (Lipinski definition) is 4. The Labute approximate surface area is 85.6 Å². The molecule has 1 aliphatic heterocycles. The Morgan fingerprint density at radius 3 is 2.79 bits per heavy atom. The van der Waals surface area contributed by atoms with Gasteiger partial charge in [-0.2, -0.15) is 10.4 Å². The predicted octanol–water partition coefficient (Wildman–Crippen LogP) is 0.960. The lowest BCUT2D eigenvalue weighted by atomic mass is 10.1. The minimum Gasteiger partial charge on any atom is -0.306 e. The molecule has 1 heterocycles. The van der Waals surface area contributed by atoms with E-state index in [0.717, 1.165) is 25.9 Å². The van der Waals surface area contributed by atoms with Gasteiger partial charge in [0.1, 0.15) is 0 Å². The smallest absolute Gasteiger partial charge is 0.0643 e. The lowest BCUT2D eigenvalue weighted by molar-refractivity contribution is 0.334. The summed E-state index contributed by atoms with van der Waals surface area (Å²) in [7, 11) is 2.13. The zero-order valence-electron chi connectivity index (χ0n) is 8.95. The van der Waals surface area contributed by atoms with Gasteiger partial charge in [0.25, 0.3) is 0 Å². The first-order chi connectivity index (χ1) is 6.72. The van der Waals surface area contributed by atoms with Gasteiger partial charge in [-0.15, -0.1) is 0 Å². The molecule has 0 spiro atoms. The van der Waals surface area contributed by atoms with Crippen molar-refractivity contribution in [1.82, 2.24) is 10.3 Å². The van der Waals surface area contributed by atoms with Gasteiger partial charge >= 0.3 is 0 Å². The molecule has 4 heteroatoms. The standard InChI is InChI=1S/C10H18N4/c1-9(3-6-11)12-13-10-4-7-14(2)8-5-10/h9,12H,3-5,7-8H2,1-2H3. The number of nitriles is 1. The maximum atomic E-state index is 8.46. The maximum Gasteiger partial charge on any atom is 0.0643 e. The molecule has 4 nitrogen and oxygen atoms in total. The van der Waals surface area contributed by atoms with E-state index in [1.807, 2.05) is 6.92 Å². The highest BCUT2D eigenvalue weighted by atomic mass is 15.3. The monoisotopic (exact) mass is 194 g/mol. The van der Waals surface area contributed by atoms with Crippen LogP contribution in [0.5, 0.6) is 0 Å². The van der Waals surface area contributed by atoms with Gasteiger partial charge < -0.3 is 10.3 Å². The molecule has 0 saturated carbocycles.